The van der Waals surface area contributed by atoms with Crippen LogP contribution in [0.2, 0.25) is 0 Å². The molecule has 1 amide bonds. The number of ether oxygens (including phenoxy) is 1. The highest BCUT2D eigenvalue weighted by molar-refractivity contribution is 5.63. The van der Waals surface area contributed by atoms with Crippen molar-refractivity contribution in [3.05, 3.63) is 0 Å². The molecule has 6 heteroatoms. The van der Waals surface area contributed by atoms with E-state index in [0.29, 0.717) is 26.3 Å². The Morgan fingerprint density at radius 2 is 1.59 bits per heavy atom. The molecule has 0 aromatic heterocycles. The largest absolute Gasteiger partial charge is 0.464 e. The SMILES string of the molecule is CCCCCCCCCCNC.O=C(O)NN1CCOCC1. The van der Waals surface area contributed by atoms with Crippen molar-refractivity contribution >= 4 is 6.09 Å². The summed E-state index contributed by atoms with van der Waals surface area (Å²) in [5.74, 6) is 0. The van der Waals surface area contributed by atoms with Crippen molar-refractivity contribution in [2.24, 2.45) is 0 Å². The third-order valence-corrected chi connectivity index (χ3v) is 3.55. The molecule has 1 fully saturated rings. The second-order valence-electron chi connectivity index (χ2n) is 5.59. The third-order valence-electron chi connectivity index (χ3n) is 3.55. The van der Waals surface area contributed by atoms with Crippen LogP contribution in [0.1, 0.15) is 58.3 Å². The molecule has 3 N–H and O–H groups in total. The minimum atomic E-state index is -1.01. The van der Waals surface area contributed by atoms with Crippen molar-refractivity contribution in [1.29, 1.82) is 0 Å². The number of nitrogens with one attached hydrogen (secondary N) is 2. The molecule has 6 nitrogen and oxygen atoms in total. The van der Waals surface area contributed by atoms with Crippen molar-refractivity contribution < 1.29 is 14.6 Å². The number of hydrazine groups is 1. The van der Waals surface area contributed by atoms with E-state index >= 15 is 0 Å². The Morgan fingerprint density at radius 3 is 2.09 bits per heavy atom. The Labute approximate surface area is 135 Å². The van der Waals surface area contributed by atoms with Gasteiger partial charge in [-0.3, -0.25) is 5.43 Å². The molecule has 0 spiro atoms. The molecule has 1 saturated heterocycles. The van der Waals surface area contributed by atoms with E-state index in [1.807, 2.05) is 7.05 Å². The fourth-order valence-corrected chi connectivity index (χ4v) is 2.25. The van der Waals surface area contributed by atoms with Gasteiger partial charge < -0.3 is 15.2 Å². The van der Waals surface area contributed by atoms with Gasteiger partial charge in [-0.25, -0.2) is 9.80 Å². The van der Waals surface area contributed by atoms with Crippen molar-refractivity contribution in [1.82, 2.24) is 15.8 Å². The van der Waals surface area contributed by atoms with Crippen molar-refractivity contribution in [2.75, 3.05) is 39.9 Å². The normalized spacial score (nSPS) is 15.0. The summed E-state index contributed by atoms with van der Waals surface area (Å²) >= 11 is 0. The number of rotatable bonds is 10. The number of unbranched alkanes of at least 4 members (excludes halogenated alkanes) is 7. The average Bonchev–Trinajstić information content (AvgIpc) is 2.51. The summed E-state index contributed by atoms with van der Waals surface area (Å²) in [5, 5.41) is 13.1. The van der Waals surface area contributed by atoms with Gasteiger partial charge in [0.1, 0.15) is 0 Å². The fourth-order valence-electron chi connectivity index (χ4n) is 2.25. The molecule has 0 aliphatic carbocycles. The van der Waals surface area contributed by atoms with E-state index in [1.165, 1.54) is 57.9 Å². The molecule has 22 heavy (non-hydrogen) atoms. The number of carboxylic acid groups (broad SMARTS) is 1. The molecule has 0 bridgehead atoms. The molecule has 1 heterocycles. The van der Waals surface area contributed by atoms with E-state index in [4.69, 9.17) is 9.84 Å². The highest BCUT2D eigenvalue weighted by atomic mass is 16.5. The van der Waals surface area contributed by atoms with Gasteiger partial charge in [0.25, 0.3) is 0 Å². The monoisotopic (exact) mass is 317 g/mol. The number of carbonyl (C=O) groups is 1. The molecule has 0 aromatic carbocycles. The third kappa shape index (κ3) is 15.5. The van der Waals surface area contributed by atoms with Crippen LogP contribution >= 0.6 is 0 Å². The van der Waals surface area contributed by atoms with Crippen LogP contribution in [0.25, 0.3) is 0 Å². The van der Waals surface area contributed by atoms with Gasteiger partial charge in [-0.15, -0.1) is 0 Å². The summed E-state index contributed by atoms with van der Waals surface area (Å²) in [6.07, 6.45) is 10.3. The summed E-state index contributed by atoms with van der Waals surface area (Å²) < 4.78 is 5.01. The maximum atomic E-state index is 10.1. The highest BCUT2D eigenvalue weighted by Crippen LogP contribution is 2.07. The van der Waals surface area contributed by atoms with Crippen LogP contribution in [-0.2, 0) is 4.74 Å². The van der Waals surface area contributed by atoms with Gasteiger partial charge in [0.15, 0.2) is 0 Å². The number of nitrogens with zero attached hydrogens (tertiary/aromatic N) is 1. The van der Waals surface area contributed by atoms with Crippen molar-refractivity contribution in [2.45, 2.75) is 58.3 Å². The summed E-state index contributed by atoms with van der Waals surface area (Å²) in [5.41, 5.74) is 2.25. The lowest BCUT2D eigenvalue weighted by atomic mass is 10.1. The summed E-state index contributed by atoms with van der Waals surface area (Å²) in [4.78, 5) is 10.1. The lowest BCUT2D eigenvalue weighted by Gasteiger charge is -2.25. The molecular formula is C16H35N3O3. The lowest BCUT2D eigenvalue weighted by molar-refractivity contribution is 0.0144. The first-order chi connectivity index (χ1) is 10.7. The van der Waals surface area contributed by atoms with E-state index in [0.717, 1.165) is 0 Å². The molecule has 0 saturated carbocycles. The number of hydrogen-bond donors (Lipinski definition) is 3. The van der Waals surface area contributed by atoms with Crippen molar-refractivity contribution in [3.8, 4) is 0 Å². The van der Waals surface area contributed by atoms with Gasteiger partial charge in [-0.05, 0) is 20.0 Å². The van der Waals surface area contributed by atoms with E-state index in [9.17, 15) is 4.79 Å². The smallest absolute Gasteiger partial charge is 0.419 e. The maximum Gasteiger partial charge on any atom is 0.419 e. The van der Waals surface area contributed by atoms with Crippen LogP contribution < -0.4 is 10.7 Å². The minimum absolute atomic E-state index is 0.597. The van der Waals surface area contributed by atoms with Crippen LogP contribution in [0.4, 0.5) is 4.79 Å². The highest BCUT2D eigenvalue weighted by Gasteiger charge is 2.10. The molecule has 0 unspecified atom stereocenters. The quantitative estimate of drug-likeness (QED) is 0.540. The number of hydrogen-bond acceptors (Lipinski definition) is 4. The zero-order valence-corrected chi connectivity index (χ0v) is 14.4. The molecule has 1 aliphatic rings. The van der Waals surface area contributed by atoms with Crippen LogP contribution in [0.3, 0.4) is 0 Å². The predicted molar refractivity (Wildman–Crippen MR) is 90.1 cm³/mol. The first kappa shape index (κ1) is 21.1. The number of amides is 1. The maximum absolute atomic E-state index is 10.1. The lowest BCUT2D eigenvalue weighted by Crippen LogP contribution is -2.47. The standard InChI is InChI=1S/C11H25N.C5H10N2O3/c1-3-4-5-6-7-8-9-10-11-12-2;8-5(9)6-7-1-3-10-4-2-7/h12H,3-11H2,1-2H3;6H,1-4H2,(H,8,9). The van der Waals surface area contributed by atoms with Crippen LogP contribution in [-0.4, -0.2) is 56.1 Å². The van der Waals surface area contributed by atoms with Crippen LogP contribution in [0.15, 0.2) is 0 Å². The van der Waals surface area contributed by atoms with Gasteiger partial charge in [-0.2, -0.15) is 0 Å². The second kappa shape index (κ2) is 16.5. The average molecular weight is 317 g/mol. The minimum Gasteiger partial charge on any atom is -0.464 e. The van der Waals surface area contributed by atoms with Gasteiger partial charge in [-0.1, -0.05) is 51.9 Å². The Bertz CT molecular complexity index is 237. The molecular weight excluding hydrogens is 282 g/mol. The van der Waals surface area contributed by atoms with Gasteiger partial charge >= 0.3 is 6.09 Å². The first-order valence-electron chi connectivity index (χ1n) is 8.67. The van der Waals surface area contributed by atoms with E-state index < -0.39 is 6.09 Å². The Morgan fingerprint density at radius 1 is 1.05 bits per heavy atom. The Balaban J connectivity index is 0.000000406. The van der Waals surface area contributed by atoms with Gasteiger partial charge in [0.05, 0.1) is 13.2 Å². The summed E-state index contributed by atoms with van der Waals surface area (Å²) in [7, 11) is 2.03. The van der Waals surface area contributed by atoms with Crippen molar-refractivity contribution in [3.63, 3.8) is 0 Å². The topological polar surface area (TPSA) is 73.8 Å². The molecule has 0 radical (unpaired) electrons. The zero-order valence-electron chi connectivity index (χ0n) is 14.4. The molecule has 0 aromatic rings. The Kier molecular flexibility index (Phi) is 15.9. The van der Waals surface area contributed by atoms with Crippen LogP contribution in [0.5, 0.6) is 0 Å². The van der Waals surface area contributed by atoms with E-state index in [-0.39, 0.29) is 0 Å². The fraction of sp³-hybridized carbons (Fsp3) is 0.938. The van der Waals surface area contributed by atoms with E-state index in [2.05, 4.69) is 17.7 Å². The van der Waals surface area contributed by atoms with Gasteiger partial charge in [0.2, 0.25) is 0 Å². The molecule has 0 atom stereocenters. The zero-order chi connectivity index (χ0) is 16.5. The second-order valence-corrected chi connectivity index (χ2v) is 5.59. The number of morpholine rings is 1. The summed E-state index contributed by atoms with van der Waals surface area (Å²) in [6, 6.07) is 0. The van der Waals surface area contributed by atoms with E-state index in [1.54, 1.807) is 5.01 Å². The summed E-state index contributed by atoms with van der Waals surface area (Å²) in [6.45, 7) is 5.92. The Hall–Kier alpha value is -0.850. The molecule has 1 aliphatic heterocycles. The molecule has 132 valence electrons. The predicted octanol–water partition coefficient (Wildman–Crippen LogP) is 2.85. The first-order valence-corrected chi connectivity index (χ1v) is 8.67. The van der Waals surface area contributed by atoms with Crippen LogP contribution in [0, 0.1) is 0 Å². The molecule has 1 rings (SSSR count). The van der Waals surface area contributed by atoms with Gasteiger partial charge in [0, 0.05) is 13.1 Å².